The van der Waals surface area contributed by atoms with Gasteiger partial charge in [0.05, 0.1) is 18.4 Å². The molecule has 5 atom stereocenters. The smallest absolute Gasteiger partial charge is 0.227 e. The van der Waals surface area contributed by atoms with E-state index in [9.17, 15) is 15.0 Å². The number of nitrogens with zero attached hydrogens (tertiary/aromatic N) is 5. The lowest BCUT2D eigenvalue weighted by molar-refractivity contribution is -0.122. The van der Waals surface area contributed by atoms with Crippen molar-refractivity contribution in [3.05, 3.63) is 114 Å². The number of fused-ring (bicyclic) bond motifs is 1. The second kappa shape index (κ2) is 14.7. The van der Waals surface area contributed by atoms with Crippen LogP contribution in [0.1, 0.15) is 54.8 Å². The third-order valence-corrected chi connectivity index (χ3v) is 9.83. The number of aliphatic hydroxyl groups is 2. The fourth-order valence-corrected chi connectivity index (χ4v) is 7.20. The second-order valence-corrected chi connectivity index (χ2v) is 13.1. The highest BCUT2D eigenvalue weighted by Gasteiger charge is 2.43. The fourth-order valence-electron chi connectivity index (χ4n) is 7.20. The summed E-state index contributed by atoms with van der Waals surface area (Å²) in [6, 6.07) is 30.3. The van der Waals surface area contributed by atoms with Gasteiger partial charge in [0.25, 0.3) is 0 Å². The van der Waals surface area contributed by atoms with Crippen LogP contribution in [0.2, 0.25) is 0 Å². The molecule has 7 rings (SSSR count). The molecule has 2 aromatic heterocycles. The molecule has 254 valence electrons. The first-order valence-electron chi connectivity index (χ1n) is 17.2. The lowest BCUT2D eigenvalue weighted by atomic mass is 9.91. The van der Waals surface area contributed by atoms with Gasteiger partial charge >= 0.3 is 0 Å². The van der Waals surface area contributed by atoms with Crippen molar-refractivity contribution in [3.63, 3.8) is 0 Å². The predicted molar refractivity (Wildman–Crippen MR) is 190 cm³/mol. The van der Waals surface area contributed by atoms with Crippen molar-refractivity contribution in [2.24, 2.45) is 0 Å². The summed E-state index contributed by atoms with van der Waals surface area (Å²) in [5, 5.41) is 32.1. The molecule has 1 aliphatic heterocycles. The molecule has 5 N–H and O–H groups in total. The summed E-state index contributed by atoms with van der Waals surface area (Å²) in [4.78, 5) is 29.3. The number of hydrogen-bond acceptors (Lipinski definition) is 9. The van der Waals surface area contributed by atoms with E-state index < -0.39 is 24.3 Å². The summed E-state index contributed by atoms with van der Waals surface area (Å²) < 4.78 is 1.82. The third kappa shape index (κ3) is 7.29. The van der Waals surface area contributed by atoms with Crippen LogP contribution in [0.25, 0.3) is 11.2 Å². The van der Waals surface area contributed by atoms with Crippen molar-refractivity contribution >= 4 is 28.8 Å². The Balaban J connectivity index is 1.19. The van der Waals surface area contributed by atoms with Crippen LogP contribution in [0, 0.1) is 0 Å². The standard InChI is InChI=1S/C38H44N8O3/c1-2-32(47)42-30-20-31(35(49)34(30)48)46-24-40-33-36(39-21-29(26-14-8-4-9-15-26)27-16-10-5-11-17-27)43-38(44-37(33)46)41-28-18-19-45(23-28)22-25-12-6-3-7-13-25/h3-17,24,28-31,34-35,48-49H,2,18-23H2,1H3,(H,42,47)(H2,39,41,43,44)/t28?,30-,31+,34+,35-/m0/s1. The van der Waals surface area contributed by atoms with E-state index in [0.717, 1.165) is 26.1 Å². The second-order valence-electron chi connectivity index (χ2n) is 13.1. The molecule has 1 amide bonds. The molecule has 1 saturated carbocycles. The number of amides is 1. The minimum absolute atomic E-state index is 0.0574. The van der Waals surface area contributed by atoms with E-state index in [4.69, 9.17) is 15.0 Å². The number of nitrogens with one attached hydrogen (secondary N) is 3. The van der Waals surface area contributed by atoms with Crippen LogP contribution in [-0.4, -0.2) is 84.5 Å². The number of hydrogen-bond donors (Lipinski definition) is 5. The van der Waals surface area contributed by atoms with Crippen molar-refractivity contribution in [2.45, 2.75) is 69.0 Å². The molecule has 1 unspecified atom stereocenters. The minimum atomic E-state index is -1.11. The van der Waals surface area contributed by atoms with Gasteiger partial charge in [0, 0.05) is 44.6 Å². The molecule has 0 bridgehead atoms. The molecular formula is C38H44N8O3. The van der Waals surface area contributed by atoms with Crippen LogP contribution in [0.15, 0.2) is 97.3 Å². The monoisotopic (exact) mass is 660 g/mol. The topological polar surface area (TPSA) is 140 Å². The molecule has 0 spiro atoms. The Bertz CT molecular complexity index is 1800. The molecular weight excluding hydrogens is 616 g/mol. The number of benzene rings is 3. The number of carbonyl (C=O) groups is 1. The van der Waals surface area contributed by atoms with Crippen LogP contribution in [-0.2, 0) is 11.3 Å². The van der Waals surface area contributed by atoms with Crippen LogP contribution in [0.3, 0.4) is 0 Å². The summed E-state index contributed by atoms with van der Waals surface area (Å²) >= 11 is 0. The lowest BCUT2D eigenvalue weighted by Gasteiger charge is -2.21. The SMILES string of the molecule is CCC(=O)N[C@H]1C[C@@H](n2cnc3c(NCC(c4ccccc4)c4ccccc4)nc(NC4CCN(Cc5ccccc5)C4)nc32)[C@H](O)[C@@H]1O. The Hall–Kier alpha value is -4.84. The van der Waals surface area contributed by atoms with Crippen LogP contribution in [0.4, 0.5) is 11.8 Å². The number of carbonyl (C=O) groups excluding carboxylic acids is 1. The molecule has 3 aromatic carbocycles. The van der Waals surface area contributed by atoms with Gasteiger partial charge in [-0.15, -0.1) is 0 Å². The summed E-state index contributed by atoms with van der Waals surface area (Å²) in [5.74, 6) is 0.952. The Labute approximate surface area is 286 Å². The Morgan fingerprint density at radius 2 is 1.59 bits per heavy atom. The Morgan fingerprint density at radius 3 is 2.27 bits per heavy atom. The summed E-state index contributed by atoms with van der Waals surface area (Å²) in [5.41, 5.74) is 4.78. The van der Waals surface area contributed by atoms with Crippen LogP contribution < -0.4 is 16.0 Å². The number of anilines is 2. The van der Waals surface area contributed by atoms with Gasteiger partial charge in [-0.25, -0.2) is 4.98 Å². The van der Waals surface area contributed by atoms with Crippen LogP contribution in [0.5, 0.6) is 0 Å². The van der Waals surface area contributed by atoms with Crippen molar-refractivity contribution < 1.29 is 15.0 Å². The molecule has 49 heavy (non-hydrogen) atoms. The molecule has 0 radical (unpaired) electrons. The minimum Gasteiger partial charge on any atom is -0.388 e. The molecule has 1 aliphatic carbocycles. The van der Waals surface area contributed by atoms with Crippen molar-refractivity contribution in [3.8, 4) is 0 Å². The van der Waals surface area contributed by atoms with Gasteiger partial charge in [-0.2, -0.15) is 9.97 Å². The molecule has 2 aliphatic rings. The summed E-state index contributed by atoms with van der Waals surface area (Å²) in [6.45, 7) is 5.03. The zero-order chi connectivity index (χ0) is 33.7. The quantitative estimate of drug-likeness (QED) is 0.132. The summed E-state index contributed by atoms with van der Waals surface area (Å²) in [7, 11) is 0. The van der Waals surface area contributed by atoms with E-state index in [-0.39, 0.29) is 17.9 Å². The van der Waals surface area contributed by atoms with E-state index in [1.165, 1.54) is 16.7 Å². The highest BCUT2D eigenvalue weighted by atomic mass is 16.3. The molecule has 2 fully saturated rings. The predicted octanol–water partition coefficient (Wildman–Crippen LogP) is 4.32. The van der Waals surface area contributed by atoms with Gasteiger partial charge in [0.2, 0.25) is 11.9 Å². The maximum atomic E-state index is 12.2. The molecule has 5 aromatic rings. The number of aliphatic hydroxyl groups excluding tert-OH is 2. The summed E-state index contributed by atoms with van der Waals surface area (Å²) in [6.07, 6.45) is 1.03. The Kier molecular flexibility index (Phi) is 9.83. The zero-order valence-electron chi connectivity index (χ0n) is 27.7. The van der Waals surface area contributed by atoms with Gasteiger partial charge in [-0.1, -0.05) is 97.9 Å². The average Bonchev–Trinajstić information content (AvgIpc) is 3.84. The maximum Gasteiger partial charge on any atom is 0.227 e. The molecule has 3 heterocycles. The molecule has 1 saturated heterocycles. The van der Waals surface area contributed by atoms with E-state index in [1.807, 2.05) is 22.8 Å². The number of rotatable bonds is 12. The average molecular weight is 661 g/mol. The highest BCUT2D eigenvalue weighted by molar-refractivity contribution is 5.84. The van der Waals surface area contributed by atoms with Crippen LogP contribution >= 0.6 is 0 Å². The van der Waals surface area contributed by atoms with Crippen molar-refractivity contribution in [2.75, 3.05) is 30.3 Å². The van der Waals surface area contributed by atoms with E-state index in [0.29, 0.717) is 42.3 Å². The van der Waals surface area contributed by atoms with Crippen molar-refractivity contribution in [1.29, 1.82) is 0 Å². The largest absolute Gasteiger partial charge is 0.388 e. The van der Waals surface area contributed by atoms with Gasteiger partial charge in [0.15, 0.2) is 17.0 Å². The fraction of sp³-hybridized carbons (Fsp3) is 0.368. The molecule has 11 heteroatoms. The van der Waals surface area contributed by atoms with E-state index >= 15 is 0 Å². The van der Waals surface area contributed by atoms with Crippen molar-refractivity contribution in [1.82, 2.24) is 29.7 Å². The maximum absolute atomic E-state index is 12.2. The third-order valence-electron chi connectivity index (χ3n) is 9.83. The highest BCUT2D eigenvalue weighted by Crippen LogP contribution is 2.35. The van der Waals surface area contributed by atoms with Gasteiger partial charge in [-0.3, -0.25) is 9.69 Å². The van der Waals surface area contributed by atoms with Gasteiger partial charge in [0.1, 0.15) is 12.2 Å². The first-order valence-corrected chi connectivity index (χ1v) is 17.2. The zero-order valence-corrected chi connectivity index (χ0v) is 27.7. The first kappa shape index (κ1) is 32.7. The lowest BCUT2D eigenvalue weighted by Crippen LogP contribution is -2.42. The number of aromatic nitrogens is 4. The number of imidazole rings is 1. The van der Waals surface area contributed by atoms with E-state index in [1.54, 1.807) is 13.3 Å². The van der Waals surface area contributed by atoms with E-state index in [2.05, 4.69) is 93.6 Å². The first-order chi connectivity index (χ1) is 24.0. The van der Waals surface area contributed by atoms with Gasteiger partial charge < -0.3 is 30.7 Å². The Morgan fingerprint density at radius 1 is 0.918 bits per heavy atom. The van der Waals surface area contributed by atoms with Gasteiger partial charge in [-0.05, 0) is 29.5 Å². The molecule has 11 nitrogen and oxygen atoms in total. The number of likely N-dealkylation sites (tertiary alicyclic amines) is 1. The normalized spacial score (nSPS) is 22.5.